The molecule has 4 heteroatoms. The first-order valence-electron chi connectivity index (χ1n) is 12.7. The lowest BCUT2D eigenvalue weighted by Gasteiger charge is -2.10. The molecule has 8 rings (SSSR count). The molecule has 0 atom stereocenters. The molecule has 0 N–H and O–H groups in total. The quantitative estimate of drug-likeness (QED) is 0.240. The van der Waals surface area contributed by atoms with Gasteiger partial charge in [0.15, 0.2) is 0 Å². The van der Waals surface area contributed by atoms with E-state index in [2.05, 4.69) is 101 Å². The number of aromatic nitrogens is 3. The van der Waals surface area contributed by atoms with Gasteiger partial charge in [0.05, 0.1) is 22.2 Å². The van der Waals surface area contributed by atoms with Crippen LogP contribution < -0.4 is 0 Å². The molecular weight excluding hydrogens is 482 g/mol. The van der Waals surface area contributed by atoms with E-state index in [-0.39, 0.29) is 0 Å². The van der Waals surface area contributed by atoms with Crippen molar-refractivity contribution in [3.63, 3.8) is 0 Å². The van der Waals surface area contributed by atoms with Crippen LogP contribution in [0.4, 0.5) is 0 Å². The van der Waals surface area contributed by atoms with Gasteiger partial charge in [0.25, 0.3) is 0 Å². The molecule has 3 nitrogen and oxygen atoms in total. The number of benzene rings is 4. The first kappa shape index (κ1) is 21.3. The Balaban J connectivity index is 1.42. The summed E-state index contributed by atoms with van der Waals surface area (Å²) < 4.78 is 4.96. The van der Waals surface area contributed by atoms with Crippen LogP contribution in [0.3, 0.4) is 0 Å². The summed E-state index contributed by atoms with van der Waals surface area (Å²) in [6.45, 7) is 0. The van der Waals surface area contributed by atoms with Crippen molar-refractivity contribution >= 4 is 53.4 Å². The Morgan fingerprint density at radius 2 is 1.34 bits per heavy atom. The van der Waals surface area contributed by atoms with Crippen molar-refractivity contribution in [2.45, 2.75) is 0 Å². The van der Waals surface area contributed by atoms with Crippen molar-refractivity contribution in [2.24, 2.45) is 0 Å². The summed E-state index contributed by atoms with van der Waals surface area (Å²) in [5, 5.41) is 3.76. The Bertz CT molecular complexity index is 2110. The summed E-state index contributed by atoms with van der Waals surface area (Å²) in [5.74, 6) is 0. The molecule has 4 heterocycles. The van der Waals surface area contributed by atoms with Gasteiger partial charge in [0.2, 0.25) is 0 Å². The molecule has 0 spiro atoms. The highest BCUT2D eigenvalue weighted by Crippen LogP contribution is 2.40. The van der Waals surface area contributed by atoms with Crippen LogP contribution in [0.2, 0.25) is 0 Å². The molecule has 0 saturated heterocycles. The molecule has 0 aliphatic carbocycles. The molecule has 0 aliphatic heterocycles. The first-order chi connectivity index (χ1) is 18.8. The van der Waals surface area contributed by atoms with Crippen LogP contribution in [0.1, 0.15) is 0 Å². The van der Waals surface area contributed by atoms with Gasteiger partial charge in [-0.1, -0.05) is 66.7 Å². The minimum absolute atomic E-state index is 0.973. The molecule has 0 fully saturated rings. The maximum absolute atomic E-state index is 5.04. The molecule has 0 aliphatic rings. The number of hydrogen-bond donors (Lipinski definition) is 0. The second kappa shape index (κ2) is 8.37. The summed E-state index contributed by atoms with van der Waals surface area (Å²) >= 11 is 1.85. The van der Waals surface area contributed by atoms with Gasteiger partial charge in [-0.15, -0.1) is 11.3 Å². The molecule has 4 aromatic carbocycles. The minimum Gasteiger partial charge on any atom is -0.308 e. The second-order valence-corrected chi connectivity index (χ2v) is 10.6. The summed E-state index contributed by atoms with van der Waals surface area (Å²) in [6.07, 6.45) is 3.84. The zero-order valence-electron chi connectivity index (χ0n) is 20.4. The van der Waals surface area contributed by atoms with Crippen LogP contribution >= 0.6 is 11.3 Å². The lowest BCUT2D eigenvalue weighted by Crippen LogP contribution is -1.94. The van der Waals surface area contributed by atoms with Crippen LogP contribution in [0, 0.1) is 0 Å². The maximum atomic E-state index is 5.04. The average molecular weight is 504 g/mol. The predicted molar refractivity (Wildman–Crippen MR) is 160 cm³/mol. The van der Waals surface area contributed by atoms with E-state index in [4.69, 9.17) is 4.98 Å². The van der Waals surface area contributed by atoms with Crippen LogP contribution in [0.15, 0.2) is 128 Å². The normalized spacial score (nSPS) is 11.7. The lowest BCUT2D eigenvalue weighted by molar-refractivity contribution is 1.18. The van der Waals surface area contributed by atoms with Crippen LogP contribution in [0.5, 0.6) is 0 Å². The number of thiophene rings is 1. The first-order valence-corrected chi connectivity index (χ1v) is 13.5. The van der Waals surface area contributed by atoms with Gasteiger partial charge < -0.3 is 4.57 Å². The molecule has 38 heavy (non-hydrogen) atoms. The molecule has 0 radical (unpaired) electrons. The third-order valence-corrected chi connectivity index (χ3v) is 8.43. The highest BCUT2D eigenvalue weighted by Gasteiger charge is 2.17. The largest absolute Gasteiger partial charge is 0.308 e. The van der Waals surface area contributed by atoms with E-state index in [1.54, 1.807) is 0 Å². The number of pyridine rings is 2. The highest BCUT2D eigenvalue weighted by atomic mass is 32.1. The van der Waals surface area contributed by atoms with E-state index >= 15 is 0 Å². The summed E-state index contributed by atoms with van der Waals surface area (Å²) in [5.41, 5.74) is 8.75. The van der Waals surface area contributed by atoms with Crippen molar-refractivity contribution in [1.29, 1.82) is 0 Å². The van der Waals surface area contributed by atoms with Gasteiger partial charge >= 0.3 is 0 Å². The minimum atomic E-state index is 0.973. The fourth-order valence-corrected chi connectivity index (χ4v) is 6.60. The SMILES string of the molecule is c1ccc(-c2cnc3c4cc5c(cc4n(-c4ccc(-c6ccccn6)cc4)c3c2)sc2ccccc25)cc1. The Kier molecular flexibility index (Phi) is 4.69. The molecule has 4 aromatic heterocycles. The van der Waals surface area contributed by atoms with E-state index in [1.165, 1.54) is 31.1 Å². The lowest BCUT2D eigenvalue weighted by atomic mass is 10.1. The maximum Gasteiger partial charge on any atom is 0.0964 e. The Hall–Kier alpha value is -4.80. The van der Waals surface area contributed by atoms with Gasteiger partial charge in [-0.25, -0.2) is 0 Å². The molecule has 0 saturated carbocycles. The smallest absolute Gasteiger partial charge is 0.0964 e. The third kappa shape index (κ3) is 3.28. The highest BCUT2D eigenvalue weighted by molar-refractivity contribution is 7.25. The number of fused-ring (bicyclic) bond motifs is 6. The molecule has 0 bridgehead atoms. The predicted octanol–water partition coefficient (Wildman–Crippen LogP) is 9.28. The van der Waals surface area contributed by atoms with E-state index in [9.17, 15) is 0 Å². The molecular formula is C34H21N3S. The molecule has 0 unspecified atom stereocenters. The van der Waals surface area contributed by atoms with Crippen LogP contribution in [-0.2, 0) is 0 Å². The van der Waals surface area contributed by atoms with Gasteiger partial charge in [-0.3, -0.25) is 9.97 Å². The fraction of sp³-hybridized carbons (Fsp3) is 0. The topological polar surface area (TPSA) is 30.7 Å². The monoisotopic (exact) mass is 503 g/mol. The van der Waals surface area contributed by atoms with Crippen molar-refractivity contribution in [3.05, 3.63) is 128 Å². The number of nitrogens with zero attached hydrogens (tertiary/aromatic N) is 3. The van der Waals surface area contributed by atoms with Crippen molar-refractivity contribution in [2.75, 3.05) is 0 Å². The average Bonchev–Trinajstić information content (AvgIpc) is 3.51. The number of hydrogen-bond acceptors (Lipinski definition) is 3. The number of rotatable bonds is 3. The van der Waals surface area contributed by atoms with Crippen molar-refractivity contribution < 1.29 is 0 Å². The van der Waals surface area contributed by atoms with E-state index in [0.29, 0.717) is 0 Å². The second-order valence-electron chi connectivity index (χ2n) is 9.52. The van der Waals surface area contributed by atoms with Crippen molar-refractivity contribution in [1.82, 2.24) is 14.5 Å². The standard InChI is InChI=1S/C34H21N3S/c1-2-8-22(9-3-1)24-18-31-34(36-21-24)28-19-27-26-10-4-5-12-32(26)38-33(27)20-30(28)37(31)25-15-13-23(14-16-25)29-11-6-7-17-35-29/h1-21H. The Labute approximate surface area is 223 Å². The zero-order chi connectivity index (χ0) is 25.1. The van der Waals surface area contributed by atoms with Crippen LogP contribution in [-0.4, -0.2) is 14.5 Å². The molecule has 0 amide bonds. The van der Waals surface area contributed by atoms with Gasteiger partial charge in [-0.2, -0.15) is 0 Å². The van der Waals surface area contributed by atoms with Gasteiger partial charge in [0, 0.05) is 54.8 Å². The fourth-order valence-electron chi connectivity index (χ4n) is 5.48. The van der Waals surface area contributed by atoms with E-state index in [1.807, 2.05) is 48.0 Å². The van der Waals surface area contributed by atoms with Gasteiger partial charge in [0.1, 0.15) is 0 Å². The summed E-state index contributed by atoms with van der Waals surface area (Å²) in [7, 11) is 0. The molecule has 8 aromatic rings. The van der Waals surface area contributed by atoms with Crippen molar-refractivity contribution in [3.8, 4) is 28.1 Å². The third-order valence-electron chi connectivity index (χ3n) is 7.29. The zero-order valence-corrected chi connectivity index (χ0v) is 21.2. The van der Waals surface area contributed by atoms with E-state index < -0.39 is 0 Å². The molecule has 178 valence electrons. The van der Waals surface area contributed by atoms with Gasteiger partial charge in [-0.05, 0) is 54.1 Å². The van der Waals surface area contributed by atoms with E-state index in [0.717, 1.165) is 39.1 Å². The summed E-state index contributed by atoms with van der Waals surface area (Å²) in [6, 6.07) is 40.8. The Morgan fingerprint density at radius 3 is 2.18 bits per heavy atom. The van der Waals surface area contributed by atoms with Crippen LogP contribution in [0.25, 0.3) is 70.2 Å². The summed E-state index contributed by atoms with van der Waals surface area (Å²) in [4.78, 5) is 9.57. The Morgan fingerprint density at radius 1 is 0.526 bits per heavy atom.